The van der Waals surface area contributed by atoms with Gasteiger partial charge in [0, 0.05) is 6.54 Å². The maximum atomic E-state index is 12.8. The van der Waals surface area contributed by atoms with Crippen LogP contribution in [0.25, 0.3) is 0 Å². The van der Waals surface area contributed by atoms with Crippen LogP contribution < -0.4 is 4.90 Å². The topological polar surface area (TPSA) is 100 Å². The third-order valence-corrected chi connectivity index (χ3v) is 4.15. The third kappa shape index (κ3) is 3.01. The molecule has 1 amide bonds. The minimum atomic E-state index is -1.52. The van der Waals surface area contributed by atoms with E-state index in [1.807, 2.05) is 30.3 Å². The lowest BCUT2D eigenvalue weighted by Crippen LogP contribution is -2.31. The Morgan fingerprint density at radius 2 is 1.83 bits per heavy atom. The van der Waals surface area contributed by atoms with Crippen molar-refractivity contribution in [2.75, 3.05) is 11.4 Å². The normalized spacial score (nSPS) is 20.2. The third-order valence-electron chi connectivity index (χ3n) is 4.15. The maximum absolute atomic E-state index is 12.8. The van der Waals surface area contributed by atoms with Crippen LogP contribution in [0.3, 0.4) is 0 Å². The summed E-state index contributed by atoms with van der Waals surface area (Å²) in [5.41, 5.74) is 1.34. The van der Waals surface area contributed by atoms with Crippen molar-refractivity contribution in [1.82, 2.24) is 9.97 Å². The summed E-state index contributed by atoms with van der Waals surface area (Å²) < 4.78 is 0. The number of carboxylic acid groups (broad SMARTS) is 1. The highest BCUT2D eigenvalue weighted by Crippen LogP contribution is 2.32. The summed E-state index contributed by atoms with van der Waals surface area (Å²) >= 11 is 0. The van der Waals surface area contributed by atoms with Crippen molar-refractivity contribution >= 4 is 23.3 Å². The van der Waals surface area contributed by atoms with Crippen LogP contribution in [-0.2, 0) is 20.8 Å². The molecule has 7 nitrogen and oxygen atoms in total. The lowest BCUT2D eigenvalue weighted by Gasteiger charge is -2.15. The fourth-order valence-electron chi connectivity index (χ4n) is 2.97. The molecule has 2 atom stereocenters. The average Bonchev–Trinajstić information content (AvgIpc) is 2.92. The lowest BCUT2D eigenvalue weighted by atomic mass is 9.86. The van der Waals surface area contributed by atoms with E-state index < -0.39 is 23.6 Å². The van der Waals surface area contributed by atoms with Crippen LogP contribution in [0.2, 0.25) is 0 Å². The Balaban J connectivity index is 1.91. The van der Waals surface area contributed by atoms with Crippen molar-refractivity contribution in [2.24, 2.45) is 11.8 Å². The Kier molecular flexibility index (Phi) is 4.33. The van der Waals surface area contributed by atoms with Crippen LogP contribution in [-0.4, -0.2) is 39.3 Å². The molecule has 1 aromatic carbocycles. The van der Waals surface area contributed by atoms with E-state index in [0.717, 1.165) is 5.56 Å². The monoisotopic (exact) mass is 325 g/mol. The Bertz CT molecular complexity index is 764. The van der Waals surface area contributed by atoms with Gasteiger partial charge in [0.15, 0.2) is 0 Å². The molecule has 0 saturated carbocycles. The largest absolute Gasteiger partial charge is 0.475 e. The van der Waals surface area contributed by atoms with Gasteiger partial charge in [-0.3, -0.25) is 9.59 Å². The predicted molar refractivity (Wildman–Crippen MR) is 84.2 cm³/mol. The second-order valence-electron chi connectivity index (χ2n) is 5.62. The molecule has 0 spiro atoms. The van der Waals surface area contributed by atoms with Gasteiger partial charge in [0.2, 0.25) is 11.7 Å². The summed E-state index contributed by atoms with van der Waals surface area (Å²) in [5, 5.41) is 9.07. The maximum Gasteiger partial charge on any atom is 0.372 e. The molecule has 1 N–H and O–H groups in total. The van der Waals surface area contributed by atoms with Gasteiger partial charge < -0.3 is 10.0 Å². The van der Waals surface area contributed by atoms with Crippen molar-refractivity contribution in [2.45, 2.75) is 6.42 Å². The summed E-state index contributed by atoms with van der Waals surface area (Å²) in [7, 11) is 0. The van der Waals surface area contributed by atoms with Gasteiger partial charge in [-0.15, -0.1) is 0 Å². The number of nitrogens with zero attached hydrogens (tertiary/aromatic N) is 3. The molecule has 0 aliphatic carbocycles. The molecule has 1 aliphatic rings. The number of amides is 1. The Labute approximate surface area is 138 Å². The zero-order chi connectivity index (χ0) is 17.1. The van der Waals surface area contributed by atoms with Gasteiger partial charge in [-0.05, 0) is 12.0 Å². The molecule has 1 fully saturated rings. The van der Waals surface area contributed by atoms with E-state index in [1.165, 1.54) is 23.6 Å². The average molecular weight is 325 g/mol. The van der Waals surface area contributed by atoms with Gasteiger partial charge >= 0.3 is 5.97 Å². The van der Waals surface area contributed by atoms with E-state index >= 15 is 0 Å². The number of carbonyl (C=O) groups is 3. The molecule has 1 aromatic heterocycles. The van der Waals surface area contributed by atoms with E-state index in [1.54, 1.807) is 0 Å². The van der Waals surface area contributed by atoms with Crippen LogP contribution in [0.5, 0.6) is 0 Å². The van der Waals surface area contributed by atoms with E-state index in [9.17, 15) is 14.4 Å². The van der Waals surface area contributed by atoms with Crippen molar-refractivity contribution in [3.63, 3.8) is 0 Å². The lowest BCUT2D eigenvalue weighted by molar-refractivity contribution is -0.151. The molecule has 24 heavy (non-hydrogen) atoms. The molecule has 0 unspecified atom stereocenters. The van der Waals surface area contributed by atoms with E-state index in [2.05, 4.69) is 9.97 Å². The fourth-order valence-corrected chi connectivity index (χ4v) is 2.97. The molecular formula is C17H15N3O4. The van der Waals surface area contributed by atoms with Gasteiger partial charge in [-0.1, -0.05) is 30.3 Å². The van der Waals surface area contributed by atoms with Gasteiger partial charge in [-0.25, -0.2) is 14.8 Å². The Morgan fingerprint density at radius 1 is 1.17 bits per heavy atom. The number of ketones is 1. The Morgan fingerprint density at radius 3 is 2.46 bits per heavy atom. The van der Waals surface area contributed by atoms with Crippen LogP contribution >= 0.6 is 0 Å². The molecule has 1 aliphatic heterocycles. The number of aromatic nitrogens is 2. The number of hydrogen-bond acceptors (Lipinski definition) is 5. The summed E-state index contributed by atoms with van der Waals surface area (Å²) in [6.07, 6.45) is 4.59. The number of aliphatic carboxylic acids is 1. The first-order valence-corrected chi connectivity index (χ1v) is 7.45. The quantitative estimate of drug-likeness (QED) is 0.822. The molecular weight excluding hydrogens is 310 g/mol. The number of anilines is 1. The number of rotatable bonds is 5. The zero-order valence-electron chi connectivity index (χ0n) is 12.7. The smallest absolute Gasteiger partial charge is 0.372 e. The highest BCUT2D eigenvalue weighted by molar-refractivity contribution is 6.34. The molecule has 0 bridgehead atoms. The van der Waals surface area contributed by atoms with Gasteiger partial charge in [-0.2, -0.15) is 0 Å². The van der Waals surface area contributed by atoms with Crippen LogP contribution in [0.15, 0.2) is 49.1 Å². The SMILES string of the molecule is O=C(O)C(=O)[C@H]1CN(c2cncnc2)C(=O)[C@@H]1Cc1ccccc1. The van der Waals surface area contributed by atoms with Crippen molar-refractivity contribution < 1.29 is 19.5 Å². The molecule has 2 aromatic rings. The summed E-state index contributed by atoms with van der Waals surface area (Å²) in [6, 6.07) is 9.23. The number of hydrogen-bond donors (Lipinski definition) is 1. The van der Waals surface area contributed by atoms with Gasteiger partial charge in [0.25, 0.3) is 0 Å². The summed E-state index contributed by atoms with van der Waals surface area (Å²) in [4.78, 5) is 45.1. The molecule has 7 heteroatoms. The molecule has 3 rings (SSSR count). The molecule has 1 saturated heterocycles. The second-order valence-corrected chi connectivity index (χ2v) is 5.62. The fraction of sp³-hybridized carbons (Fsp3) is 0.235. The second kappa shape index (κ2) is 6.57. The minimum absolute atomic E-state index is 0.0227. The number of benzene rings is 1. The first-order chi connectivity index (χ1) is 11.6. The number of carbonyl (C=O) groups excluding carboxylic acids is 2. The van der Waals surface area contributed by atoms with E-state index in [0.29, 0.717) is 12.1 Å². The first kappa shape index (κ1) is 15.8. The minimum Gasteiger partial charge on any atom is -0.475 e. The Hall–Kier alpha value is -3.09. The number of carboxylic acids is 1. The van der Waals surface area contributed by atoms with Crippen molar-refractivity contribution in [1.29, 1.82) is 0 Å². The van der Waals surface area contributed by atoms with Gasteiger partial charge in [0.1, 0.15) is 6.33 Å². The predicted octanol–water partition coefficient (Wildman–Crippen LogP) is 0.952. The molecule has 2 heterocycles. The van der Waals surface area contributed by atoms with E-state index in [-0.39, 0.29) is 12.5 Å². The summed E-state index contributed by atoms with van der Waals surface area (Å²) in [5.74, 6) is -4.35. The zero-order valence-corrected chi connectivity index (χ0v) is 12.7. The van der Waals surface area contributed by atoms with E-state index in [4.69, 9.17) is 5.11 Å². The van der Waals surface area contributed by atoms with Crippen molar-refractivity contribution in [3.05, 3.63) is 54.6 Å². The van der Waals surface area contributed by atoms with Crippen LogP contribution in [0.4, 0.5) is 5.69 Å². The molecule has 0 radical (unpaired) electrons. The molecule has 122 valence electrons. The highest BCUT2D eigenvalue weighted by atomic mass is 16.4. The van der Waals surface area contributed by atoms with Crippen LogP contribution in [0.1, 0.15) is 5.56 Å². The standard InChI is InChI=1S/C17H15N3O4/c21-15(17(23)24)14-9-20(12-7-18-10-19-8-12)16(22)13(14)6-11-4-2-1-3-5-11/h1-5,7-8,10,13-14H,6,9H2,(H,23,24)/t13-,14+/m1/s1. The van der Waals surface area contributed by atoms with Gasteiger partial charge in [0.05, 0.1) is 29.9 Å². The first-order valence-electron chi connectivity index (χ1n) is 7.45. The summed E-state index contributed by atoms with van der Waals surface area (Å²) in [6.45, 7) is 0.0227. The number of Topliss-reactive ketones (excluding diaryl/α,β-unsaturated/α-hetero) is 1. The van der Waals surface area contributed by atoms with Crippen molar-refractivity contribution in [3.8, 4) is 0 Å². The van der Waals surface area contributed by atoms with Crippen LogP contribution in [0, 0.1) is 11.8 Å². The highest BCUT2D eigenvalue weighted by Gasteiger charge is 2.46.